The Bertz CT molecular complexity index is 925. The Kier molecular flexibility index (Phi) is 4.89. The third-order valence-electron chi connectivity index (χ3n) is 4.10. The number of ketones is 1. The topological polar surface area (TPSA) is 75.7 Å². The second kappa shape index (κ2) is 7.14. The number of carbonyl (C=O) groups excluding carboxylic acids is 3. The van der Waals surface area contributed by atoms with Crippen molar-refractivity contribution in [3.8, 4) is 5.75 Å². The van der Waals surface area contributed by atoms with E-state index in [1.165, 1.54) is 32.0 Å². The molecule has 27 heavy (non-hydrogen) atoms. The lowest BCUT2D eigenvalue weighted by molar-refractivity contribution is -0.127. The molecule has 0 saturated carbocycles. The van der Waals surface area contributed by atoms with Crippen LogP contribution in [0.1, 0.15) is 24.2 Å². The van der Waals surface area contributed by atoms with Crippen LogP contribution in [0.3, 0.4) is 0 Å². The number of nitrogens with one attached hydrogen (secondary N) is 1. The van der Waals surface area contributed by atoms with E-state index in [1.807, 2.05) is 0 Å². The molecule has 0 spiro atoms. The lowest BCUT2D eigenvalue weighted by Gasteiger charge is -2.32. The zero-order chi connectivity index (χ0) is 19.7. The van der Waals surface area contributed by atoms with Gasteiger partial charge in [-0.15, -0.1) is 0 Å². The molecule has 0 fully saturated rings. The van der Waals surface area contributed by atoms with Gasteiger partial charge in [0.2, 0.25) is 5.91 Å². The Hall–Kier alpha value is -3.29. The molecule has 3 rings (SSSR count). The Morgan fingerprint density at radius 3 is 2.48 bits per heavy atom. The number of hydrogen-bond donors (Lipinski definition) is 1. The van der Waals surface area contributed by atoms with Crippen LogP contribution in [0, 0.1) is 11.6 Å². The Morgan fingerprint density at radius 2 is 1.85 bits per heavy atom. The van der Waals surface area contributed by atoms with Crippen molar-refractivity contribution >= 4 is 29.0 Å². The van der Waals surface area contributed by atoms with Crippen LogP contribution in [0.4, 0.5) is 20.2 Å². The second-order valence-electron chi connectivity index (χ2n) is 6.07. The van der Waals surface area contributed by atoms with E-state index in [1.54, 1.807) is 6.07 Å². The van der Waals surface area contributed by atoms with E-state index in [0.717, 1.165) is 17.0 Å². The average Bonchev–Trinajstić information content (AvgIpc) is 2.61. The highest BCUT2D eigenvalue weighted by molar-refractivity contribution is 6.07. The number of fused-ring (bicyclic) bond motifs is 1. The summed E-state index contributed by atoms with van der Waals surface area (Å²) in [5.74, 6) is -3.04. The fourth-order valence-corrected chi connectivity index (χ4v) is 2.73. The minimum atomic E-state index is -0.927. The minimum absolute atomic E-state index is 0.221. The molecular formula is C19H16F2N2O4. The molecule has 2 aromatic carbocycles. The lowest BCUT2D eigenvalue weighted by atomic mass is 10.1. The number of rotatable bonds is 4. The average molecular weight is 374 g/mol. The van der Waals surface area contributed by atoms with Crippen molar-refractivity contribution < 1.29 is 27.9 Å². The number of anilines is 2. The maximum Gasteiger partial charge on any atom is 0.268 e. The molecule has 1 unspecified atom stereocenters. The van der Waals surface area contributed by atoms with E-state index >= 15 is 0 Å². The molecule has 1 aliphatic rings. The highest BCUT2D eigenvalue weighted by Crippen LogP contribution is 2.35. The van der Waals surface area contributed by atoms with Crippen molar-refractivity contribution in [3.05, 3.63) is 53.6 Å². The molecule has 0 aliphatic carbocycles. The summed E-state index contributed by atoms with van der Waals surface area (Å²) in [5.41, 5.74) is -0.00539. The normalized spacial score (nSPS) is 15.8. The van der Waals surface area contributed by atoms with Gasteiger partial charge in [0.1, 0.15) is 29.6 Å². The third-order valence-corrected chi connectivity index (χ3v) is 4.10. The van der Waals surface area contributed by atoms with E-state index in [4.69, 9.17) is 4.74 Å². The van der Waals surface area contributed by atoms with Crippen LogP contribution in [0.25, 0.3) is 0 Å². The van der Waals surface area contributed by atoms with Crippen LogP contribution >= 0.6 is 0 Å². The first kappa shape index (κ1) is 18.5. The lowest BCUT2D eigenvalue weighted by Crippen LogP contribution is -2.47. The van der Waals surface area contributed by atoms with Crippen LogP contribution in [0.2, 0.25) is 0 Å². The van der Waals surface area contributed by atoms with Crippen LogP contribution in [0.5, 0.6) is 5.75 Å². The largest absolute Gasteiger partial charge is 0.479 e. The SMILES string of the molecule is CC(=O)c1ccc2c(c1)N(CC(=O)Nc1c(F)cccc1F)C(=O)C(C)O2. The fourth-order valence-electron chi connectivity index (χ4n) is 2.73. The van der Waals surface area contributed by atoms with Crippen LogP contribution in [0.15, 0.2) is 36.4 Å². The van der Waals surface area contributed by atoms with E-state index in [0.29, 0.717) is 11.3 Å². The number of hydrogen-bond acceptors (Lipinski definition) is 4. The van der Waals surface area contributed by atoms with Gasteiger partial charge in [-0.2, -0.15) is 0 Å². The quantitative estimate of drug-likeness (QED) is 0.835. The van der Waals surface area contributed by atoms with Crippen molar-refractivity contribution in [2.45, 2.75) is 20.0 Å². The van der Waals surface area contributed by atoms with E-state index < -0.39 is 41.8 Å². The van der Waals surface area contributed by atoms with Gasteiger partial charge in [0, 0.05) is 5.56 Å². The second-order valence-corrected chi connectivity index (χ2v) is 6.07. The molecule has 0 saturated heterocycles. The summed E-state index contributed by atoms with van der Waals surface area (Å²) in [6, 6.07) is 7.72. The van der Waals surface area contributed by atoms with Gasteiger partial charge < -0.3 is 10.1 Å². The maximum absolute atomic E-state index is 13.7. The molecule has 1 N–H and O–H groups in total. The molecule has 1 aliphatic heterocycles. The van der Waals surface area contributed by atoms with Gasteiger partial charge in [0.05, 0.1) is 5.69 Å². The Balaban J connectivity index is 1.89. The van der Waals surface area contributed by atoms with Crippen molar-refractivity contribution in [1.82, 2.24) is 0 Å². The third kappa shape index (κ3) is 3.64. The summed E-state index contributed by atoms with van der Waals surface area (Å²) < 4.78 is 32.9. The minimum Gasteiger partial charge on any atom is -0.479 e. The van der Waals surface area contributed by atoms with Crippen LogP contribution in [-0.2, 0) is 9.59 Å². The summed E-state index contributed by atoms with van der Waals surface area (Å²) in [6.45, 7) is 2.40. The number of benzene rings is 2. The Morgan fingerprint density at radius 1 is 1.19 bits per heavy atom. The number of Topliss-reactive ketones (excluding diaryl/α,β-unsaturated/α-hetero) is 1. The summed E-state index contributed by atoms with van der Waals surface area (Å²) >= 11 is 0. The fraction of sp³-hybridized carbons (Fsp3) is 0.211. The number of nitrogens with zero attached hydrogens (tertiary/aromatic N) is 1. The zero-order valence-corrected chi connectivity index (χ0v) is 14.6. The van der Waals surface area contributed by atoms with Gasteiger partial charge in [0.25, 0.3) is 5.91 Å². The first-order valence-corrected chi connectivity index (χ1v) is 8.15. The van der Waals surface area contributed by atoms with Gasteiger partial charge in [-0.25, -0.2) is 8.78 Å². The molecule has 0 bridgehead atoms. The molecule has 2 aromatic rings. The van der Waals surface area contributed by atoms with Gasteiger partial charge in [-0.05, 0) is 44.2 Å². The smallest absolute Gasteiger partial charge is 0.268 e. The molecule has 1 heterocycles. The monoisotopic (exact) mass is 374 g/mol. The molecule has 0 aromatic heterocycles. The van der Waals surface area contributed by atoms with Crippen LogP contribution < -0.4 is 15.0 Å². The zero-order valence-electron chi connectivity index (χ0n) is 14.6. The number of halogens is 2. The van der Waals surface area contributed by atoms with Crippen molar-refractivity contribution in [3.63, 3.8) is 0 Å². The highest BCUT2D eigenvalue weighted by Gasteiger charge is 2.33. The number of para-hydroxylation sites is 1. The molecule has 140 valence electrons. The van der Waals surface area contributed by atoms with Gasteiger partial charge in [-0.1, -0.05) is 6.07 Å². The highest BCUT2D eigenvalue weighted by atomic mass is 19.1. The van der Waals surface area contributed by atoms with Crippen molar-refractivity contribution in [2.75, 3.05) is 16.8 Å². The molecular weight excluding hydrogens is 358 g/mol. The van der Waals surface area contributed by atoms with Gasteiger partial charge in [0.15, 0.2) is 11.9 Å². The standard InChI is InChI=1S/C19H16F2N2O4/c1-10(24)12-6-7-16-15(8-12)23(19(26)11(2)27-16)9-17(25)22-18-13(20)4-3-5-14(18)21/h3-8,11H,9H2,1-2H3,(H,22,25). The van der Waals surface area contributed by atoms with E-state index in [-0.39, 0.29) is 11.5 Å². The predicted octanol–water partition coefficient (Wildman–Crippen LogP) is 2.92. The molecule has 0 radical (unpaired) electrons. The number of carbonyl (C=O) groups is 3. The van der Waals surface area contributed by atoms with Crippen LogP contribution in [-0.4, -0.2) is 30.2 Å². The van der Waals surface area contributed by atoms with Gasteiger partial charge in [-0.3, -0.25) is 19.3 Å². The van der Waals surface area contributed by atoms with Gasteiger partial charge >= 0.3 is 0 Å². The summed E-state index contributed by atoms with van der Waals surface area (Å²) in [6.07, 6.45) is -0.848. The first-order valence-electron chi connectivity index (χ1n) is 8.15. The first-order chi connectivity index (χ1) is 12.8. The van der Waals surface area contributed by atoms with Crippen molar-refractivity contribution in [1.29, 1.82) is 0 Å². The van der Waals surface area contributed by atoms with E-state index in [9.17, 15) is 23.2 Å². The molecule has 8 heteroatoms. The van der Waals surface area contributed by atoms with Crippen molar-refractivity contribution in [2.24, 2.45) is 0 Å². The molecule has 6 nitrogen and oxygen atoms in total. The van der Waals surface area contributed by atoms with E-state index in [2.05, 4.69) is 5.32 Å². The summed E-state index contributed by atoms with van der Waals surface area (Å²) in [4.78, 5) is 37.5. The molecule has 2 amide bonds. The number of ether oxygens (including phenoxy) is 1. The summed E-state index contributed by atoms with van der Waals surface area (Å²) in [5, 5.41) is 2.14. The number of amides is 2. The molecule has 1 atom stereocenters. The maximum atomic E-state index is 13.7. The predicted molar refractivity (Wildman–Crippen MR) is 93.9 cm³/mol. The Labute approximate surface area is 153 Å². The summed E-state index contributed by atoms with van der Waals surface area (Å²) in [7, 11) is 0.